The number of halogens is 3. The number of amides is 8. The first kappa shape index (κ1) is 90.8. The van der Waals surface area contributed by atoms with E-state index in [-0.39, 0.29) is 76.0 Å². The molecule has 13 rings (SSSR count). The van der Waals surface area contributed by atoms with Crippen LogP contribution >= 0.6 is 34.8 Å². The second-order valence-electron chi connectivity index (χ2n) is 30.5. The molecule has 41 heteroatoms. The molecule has 26 N–H and O–H groups in total. The van der Waals surface area contributed by atoms with Gasteiger partial charge in [-0.15, -0.1) is 0 Å². The molecule has 0 aromatic heterocycles. The molecule has 38 nitrogen and oxygen atoms in total. The van der Waals surface area contributed by atoms with Crippen molar-refractivity contribution >= 4 is 99.7 Å². The summed E-state index contributed by atoms with van der Waals surface area (Å²) in [6.07, 6.45) is -16.7. The molecule has 121 heavy (non-hydrogen) atoms. The number of nitrogens with two attached hydrogens (primary N) is 3. The lowest BCUT2D eigenvalue weighted by Crippen LogP contribution is -2.64. The number of aliphatic hydroxyl groups excluding tert-OH is 6. The largest absolute Gasteiger partial charge is 0.508 e. The molecule has 6 aromatic carbocycles. The number of primary amides is 1. The zero-order valence-corrected chi connectivity index (χ0v) is 68.1. The van der Waals surface area contributed by atoms with E-state index in [1.165, 1.54) is 39.1 Å². The van der Waals surface area contributed by atoms with Crippen molar-refractivity contribution in [1.29, 1.82) is 5.41 Å². The summed E-state index contributed by atoms with van der Waals surface area (Å²) in [5, 5.41) is 140. The van der Waals surface area contributed by atoms with E-state index in [4.69, 9.17) is 85.8 Å². The number of fused-ring (bicyclic) bond motifs is 15. The molecule has 0 spiro atoms. The summed E-state index contributed by atoms with van der Waals surface area (Å²) in [5.74, 6) is -15.1. The first-order chi connectivity index (χ1) is 57.4. The number of phenols is 3. The monoisotopic (exact) mass is 1740 g/mol. The fourth-order valence-corrected chi connectivity index (χ4v) is 15.1. The molecule has 8 amide bonds. The summed E-state index contributed by atoms with van der Waals surface area (Å²) < 4.78 is 38.7. The molecule has 2 saturated heterocycles. The van der Waals surface area contributed by atoms with Gasteiger partial charge < -0.3 is 145 Å². The summed E-state index contributed by atoms with van der Waals surface area (Å²) in [6, 6.07) is 6.79. The van der Waals surface area contributed by atoms with Gasteiger partial charge in [-0.1, -0.05) is 79.7 Å². The Labute approximate surface area is 707 Å². The van der Waals surface area contributed by atoms with Gasteiger partial charge in [-0.05, 0) is 153 Å². The van der Waals surface area contributed by atoms with E-state index in [1.54, 1.807) is 24.3 Å². The van der Waals surface area contributed by atoms with Crippen LogP contribution in [0.3, 0.4) is 0 Å². The highest BCUT2D eigenvalue weighted by atomic mass is 35.5. The lowest BCUT2D eigenvalue weighted by atomic mass is 9.86. The number of phenolic OH excluding ortho intramolecular Hbond substituents is 3. The van der Waals surface area contributed by atoms with Gasteiger partial charge in [-0.25, -0.2) is 0 Å². The number of hydrogen-bond donors (Lipinski definition) is 23. The zero-order chi connectivity index (χ0) is 87.7. The minimum Gasteiger partial charge on any atom is -0.508 e. The second-order valence-corrected chi connectivity index (χ2v) is 31.7. The number of likely N-dealkylation sites (N-methyl/N-ethyl adjacent to an activating group) is 1. The molecular weight excluding hydrogens is 1650 g/mol. The van der Waals surface area contributed by atoms with Crippen LogP contribution in [0.5, 0.6) is 46.0 Å². The zero-order valence-electron chi connectivity index (χ0n) is 65.8. The maximum Gasteiger partial charge on any atom is 0.248 e. The Bertz CT molecular complexity index is 4920. The number of aliphatic hydroxyl groups is 6. The van der Waals surface area contributed by atoms with E-state index in [9.17, 15) is 65.1 Å². The molecule has 0 unspecified atom stereocenters. The number of hydrogen-bond acceptors (Lipinski definition) is 26. The van der Waals surface area contributed by atoms with Crippen molar-refractivity contribution < 1.29 is 113 Å². The maximum atomic E-state index is 16.3. The van der Waals surface area contributed by atoms with Gasteiger partial charge in [0.15, 0.2) is 23.9 Å². The summed E-state index contributed by atoms with van der Waals surface area (Å²) >= 11 is 20.3. The second kappa shape index (κ2) is 39.3. The number of carbonyl (C=O) groups excluding carboxylic acids is 8. The van der Waals surface area contributed by atoms with Gasteiger partial charge in [0.05, 0.1) is 41.3 Å². The molecule has 7 aliphatic heterocycles. The van der Waals surface area contributed by atoms with Gasteiger partial charge >= 0.3 is 0 Å². The number of ether oxygens (including phenoxy) is 6. The third kappa shape index (κ3) is 21.7. The third-order valence-electron chi connectivity index (χ3n) is 20.8. The van der Waals surface area contributed by atoms with Crippen molar-refractivity contribution in [2.45, 2.75) is 182 Å². The van der Waals surface area contributed by atoms with Crippen LogP contribution in [-0.4, -0.2) is 211 Å². The number of nitrogens with zero attached hydrogens (tertiary/aromatic N) is 1. The summed E-state index contributed by atoms with van der Waals surface area (Å²) in [6.45, 7) is 5.92. The fourth-order valence-electron chi connectivity index (χ4n) is 14.5. The quantitative estimate of drug-likeness (QED) is 0.0279. The van der Waals surface area contributed by atoms with E-state index in [1.807, 2.05) is 13.8 Å². The molecule has 0 saturated carbocycles. The lowest BCUT2D eigenvalue weighted by Gasteiger charge is -2.47. The lowest BCUT2D eigenvalue weighted by molar-refractivity contribution is -0.333. The smallest absolute Gasteiger partial charge is 0.248 e. The molecule has 18 atom stereocenters. The number of anilines is 1. The van der Waals surface area contributed by atoms with Crippen molar-refractivity contribution in [3.63, 3.8) is 0 Å². The molecule has 650 valence electrons. The van der Waals surface area contributed by atoms with Crippen molar-refractivity contribution in [2.24, 2.45) is 28.1 Å². The fraction of sp³-hybridized carbons (Fsp3) is 0.425. The van der Waals surface area contributed by atoms with Crippen LogP contribution in [-0.2, 0) is 52.6 Å². The number of benzene rings is 6. The molecule has 2 fully saturated rings. The first-order valence-electron chi connectivity index (χ1n) is 38.6. The molecule has 11 bridgehead atoms. The normalized spacial score (nSPS) is 26.5. The number of nitrogens with one attached hydrogen (secondary N) is 11. The SMILES string of the molecule is CN[C@H](CC(C)C)C(=O)N[C@H]1C(=O)N[C@@H](CC(N)=O)C(=O)N[C@H]2C(=O)N[C@H]3C(=O)N[C@H](C(=O)N[C@H](C(=O)NCCCCCCNC(=N)/N=C(\N)Nc4ccc(Cl)cc4)c4cc(O)cc(O)c4-c4cc3ccc4O)[C@H](O)c3ccc(c(Cl)c3)Oc3cc2cc(c3O[C@@H]2O[C@H](CO)[C@@H](O)[C@H](O)[C@H]2O[C@H]2C[C@](C)(N)[C@H](O)[C@H](C)O2)Oc2ccc(cc2Cl)[C@H]1O. The average molecular weight is 1740 g/mol. The third-order valence-corrected chi connectivity index (χ3v) is 21.7. The molecule has 7 heterocycles. The Kier molecular flexibility index (Phi) is 29.5. The Hall–Kier alpha value is -11.0. The standard InChI is InChI=1S/C80H96Cl3N15O23/c1-33(2)22-46(88-5)70(109)96-61-63(104)36-11-18-50(44(82)24-36)117-52-26-38-27-53(67(52)121-77-68(66(107)65(106)54(32-99)119-77)120-56-31-80(4,87)69(108)34(3)116-56)118-51-19-12-37(25-45(51)83)64(105)62-76(115)95-60(72(111)89-20-8-6-7-9-21-90-78(85)98-79(86)91-40-15-13-39(81)14-16-40)43-28-41(100)29-49(102)57(43)42-23-35(10-17-48(42)101)58(73(112)97-62)94-74(113)59(38)93-71(110)47(30-55(84)103)92-75(61)114/h10-19,23-29,33-34,46-47,54,56,58-66,68-69,77,88,99-102,104-108H,6-9,20-22,30-32,87H2,1-5H3,(H2,84,103)(H,89,111)(H,92,114)(H,93,110)(H,94,113)(H,95,115)(H,96,109)(H,97,112)(H5,85,86,90,91,98)/t34-,46+,47-,54+,56-,58+,59+,60-,61+,62-,63+,64+,65+,66-,68+,69+,77-,80-/m0/s1. The van der Waals surface area contributed by atoms with Crippen LogP contribution in [0.2, 0.25) is 15.1 Å². The highest BCUT2D eigenvalue weighted by molar-refractivity contribution is 6.32. The van der Waals surface area contributed by atoms with Crippen LogP contribution < -0.4 is 84.6 Å². The van der Waals surface area contributed by atoms with Gasteiger partial charge in [-0.3, -0.25) is 43.8 Å². The van der Waals surface area contributed by atoms with Crippen molar-refractivity contribution in [2.75, 3.05) is 32.1 Å². The van der Waals surface area contributed by atoms with Crippen molar-refractivity contribution in [3.8, 4) is 57.1 Å². The van der Waals surface area contributed by atoms with Gasteiger partial charge in [0.2, 0.25) is 71.2 Å². The number of guanidine groups is 2. The molecule has 7 aliphatic rings. The Morgan fingerprint density at radius 1 is 0.686 bits per heavy atom. The van der Waals surface area contributed by atoms with Crippen LogP contribution in [0.15, 0.2) is 108 Å². The summed E-state index contributed by atoms with van der Waals surface area (Å²) in [4.78, 5) is 125. The summed E-state index contributed by atoms with van der Waals surface area (Å²) in [7, 11) is 1.48. The number of rotatable bonds is 21. The van der Waals surface area contributed by atoms with Crippen LogP contribution in [0.4, 0.5) is 5.69 Å². The highest BCUT2D eigenvalue weighted by Gasteiger charge is 2.52. The van der Waals surface area contributed by atoms with E-state index in [2.05, 4.69) is 58.2 Å². The molecular formula is C80H96Cl3N15O23. The van der Waals surface area contributed by atoms with Gasteiger partial charge in [0.25, 0.3) is 0 Å². The van der Waals surface area contributed by atoms with Gasteiger partial charge in [0, 0.05) is 53.0 Å². The maximum absolute atomic E-state index is 16.3. The van der Waals surface area contributed by atoms with Gasteiger partial charge in [-0.2, -0.15) is 4.99 Å². The number of aliphatic imine (C=N–C) groups is 1. The van der Waals surface area contributed by atoms with Gasteiger partial charge in [0.1, 0.15) is 95.5 Å². The first-order valence-corrected chi connectivity index (χ1v) is 39.7. The van der Waals surface area contributed by atoms with E-state index in [0.29, 0.717) is 42.9 Å². The molecule has 0 radical (unpaired) electrons. The molecule has 6 aromatic rings. The number of carbonyl (C=O) groups is 8. The van der Waals surface area contributed by atoms with E-state index in [0.717, 1.165) is 60.7 Å². The van der Waals surface area contributed by atoms with Crippen LogP contribution in [0, 0.1) is 11.3 Å². The highest BCUT2D eigenvalue weighted by Crippen LogP contribution is 2.50. The topological polar surface area (TPSA) is 609 Å². The van der Waals surface area contributed by atoms with E-state index >= 15 is 19.2 Å². The number of aromatic hydroxyl groups is 3. The minimum absolute atomic E-state index is 0.0527. The van der Waals surface area contributed by atoms with E-state index < -0.39 is 226 Å². The van der Waals surface area contributed by atoms with Crippen molar-refractivity contribution in [3.05, 3.63) is 146 Å². The molecule has 0 aliphatic carbocycles. The predicted octanol–water partition coefficient (Wildman–Crippen LogP) is 2.30. The minimum atomic E-state index is -2.36. The van der Waals surface area contributed by atoms with Crippen molar-refractivity contribution in [1.82, 2.24) is 47.9 Å². The Morgan fingerprint density at radius 3 is 1.91 bits per heavy atom. The Morgan fingerprint density at radius 2 is 1.30 bits per heavy atom. The summed E-state index contributed by atoms with van der Waals surface area (Å²) in [5.41, 5.74) is 15.1. The van der Waals surface area contributed by atoms with Crippen LogP contribution in [0.1, 0.15) is 131 Å². The van der Waals surface area contributed by atoms with Crippen LogP contribution in [0.25, 0.3) is 11.1 Å². The number of unbranched alkanes of at least 4 members (excludes halogenated alkanes) is 3. The predicted molar refractivity (Wildman–Crippen MR) is 436 cm³/mol. The Balaban J connectivity index is 1.04. The average Bonchev–Trinajstić information content (AvgIpc) is 0.764.